The highest BCUT2D eigenvalue weighted by molar-refractivity contribution is 9.12. The summed E-state index contributed by atoms with van der Waals surface area (Å²) in [7, 11) is 0. The molecule has 0 radical (unpaired) electrons. The monoisotopic (exact) mass is 415 g/mol. The molecule has 1 aromatic carbocycles. The minimum absolute atomic E-state index is 0.00682. The Hall–Kier alpha value is -2.05. The average Bonchev–Trinajstić information content (AvgIpc) is 2.68. The number of hydrogen-bond acceptors (Lipinski definition) is 4. The molecule has 3 aliphatic heterocycles. The van der Waals surface area contributed by atoms with Gasteiger partial charge in [-0.25, -0.2) is 0 Å². The van der Waals surface area contributed by atoms with E-state index in [-0.39, 0.29) is 5.91 Å². The van der Waals surface area contributed by atoms with Crippen molar-refractivity contribution in [2.75, 3.05) is 19.8 Å². The number of carbonyl (C=O) groups excluding carboxylic acids is 1. The Morgan fingerprint density at radius 2 is 2.04 bits per heavy atom. The number of ether oxygens (including phenoxy) is 1. The van der Waals surface area contributed by atoms with Gasteiger partial charge in [0.1, 0.15) is 6.61 Å². The Labute approximate surface area is 162 Å². The molecule has 26 heavy (non-hydrogen) atoms. The van der Waals surface area contributed by atoms with Crippen molar-refractivity contribution in [1.29, 1.82) is 0 Å². The predicted molar refractivity (Wildman–Crippen MR) is 103 cm³/mol. The van der Waals surface area contributed by atoms with E-state index in [4.69, 9.17) is 4.74 Å². The SMILES string of the molecule is C=C1C(Br)=C2CCCN3CN(CC)C(=O)C(=C1OCc1ccccc1)N23. The minimum Gasteiger partial charge on any atom is -0.486 e. The van der Waals surface area contributed by atoms with Crippen LogP contribution in [0.3, 0.4) is 0 Å². The maximum Gasteiger partial charge on any atom is 0.276 e. The lowest BCUT2D eigenvalue weighted by Crippen LogP contribution is -2.60. The molecule has 0 spiro atoms. The first kappa shape index (κ1) is 17.4. The van der Waals surface area contributed by atoms with E-state index in [0.29, 0.717) is 31.3 Å². The molecular weight excluding hydrogens is 394 g/mol. The van der Waals surface area contributed by atoms with Crippen molar-refractivity contribution in [1.82, 2.24) is 14.9 Å². The topological polar surface area (TPSA) is 36.0 Å². The van der Waals surface area contributed by atoms with Crippen LogP contribution in [0.5, 0.6) is 0 Å². The van der Waals surface area contributed by atoms with Gasteiger partial charge in [-0.15, -0.1) is 0 Å². The van der Waals surface area contributed by atoms with Crippen LogP contribution in [0.4, 0.5) is 0 Å². The van der Waals surface area contributed by atoms with Crippen LogP contribution in [0.1, 0.15) is 25.3 Å². The van der Waals surface area contributed by atoms with E-state index in [0.717, 1.165) is 40.7 Å². The fourth-order valence-corrected chi connectivity index (χ4v) is 4.21. The summed E-state index contributed by atoms with van der Waals surface area (Å²) in [6, 6.07) is 9.97. The van der Waals surface area contributed by atoms with Crippen molar-refractivity contribution in [2.45, 2.75) is 26.4 Å². The lowest BCUT2D eigenvalue weighted by Gasteiger charge is -2.51. The zero-order chi connectivity index (χ0) is 18.3. The van der Waals surface area contributed by atoms with Crippen LogP contribution in [0, 0.1) is 0 Å². The van der Waals surface area contributed by atoms with Gasteiger partial charge < -0.3 is 9.64 Å². The van der Waals surface area contributed by atoms with E-state index in [2.05, 4.69) is 32.5 Å². The lowest BCUT2D eigenvalue weighted by atomic mass is 10.0. The lowest BCUT2D eigenvalue weighted by molar-refractivity contribution is -0.149. The van der Waals surface area contributed by atoms with E-state index in [9.17, 15) is 4.79 Å². The fourth-order valence-electron chi connectivity index (χ4n) is 3.66. The van der Waals surface area contributed by atoms with Gasteiger partial charge in [-0.2, -0.15) is 5.01 Å². The van der Waals surface area contributed by atoms with Crippen LogP contribution in [0.25, 0.3) is 0 Å². The molecule has 0 aliphatic carbocycles. The van der Waals surface area contributed by atoms with Crippen LogP contribution >= 0.6 is 15.9 Å². The number of likely N-dealkylation sites (N-methyl/N-ethyl adjacent to an activating group) is 1. The second-order valence-electron chi connectivity index (χ2n) is 6.64. The van der Waals surface area contributed by atoms with Gasteiger partial charge in [0.15, 0.2) is 11.5 Å². The molecule has 2 fully saturated rings. The molecule has 136 valence electrons. The van der Waals surface area contributed by atoms with Gasteiger partial charge in [0.2, 0.25) is 0 Å². The average molecular weight is 416 g/mol. The Morgan fingerprint density at radius 1 is 1.27 bits per heavy atom. The smallest absolute Gasteiger partial charge is 0.276 e. The molecule has 0 saturated carbocycles. The third-order valence-corrected chi connectivity index (χ3v) is 5.96. The maximum atomic E-state index is 13.1. The number of benzene rings is 1. The molecule has 0 atom stereocenters. The standard InChI is InChI=1S/C20H22BrN3O2/c1-3-22-13-23-11-7-10-16-17(21)14(2)19(18(20(22)25)24(16)23)26-12-15-8-5-4-6-9-15/h4-6,8-9H,2-3,7,10-13H2,1H3. The number of rotatable bonds is 4. The van der Waals surface area contributed by atoms with Gasteiger partial charge in [0, 0.05) is 23.1 Å². The first-order valence-electron chi connectivity index (χ1n) is 8.95. The number of halogens is 1. The quantitative estimate of drug-likeness (QED) is 0.750. The van der Waals surface area contributed by atoms with Gasteiger partial charge in [0.25, 0.3) is 5.91 Å². The van der Waals surface area contributed by atoms with Crippen molar-refractivity contribution in [3.05, 3.63) is 69.7 Å². The van der Waals surface area contributed by atoms with Crippen molar-refractivity contribution in [2.24, 2.45) is 0 Å². The summed E-state index contributed by atoms with van der Waals surface area (Å²) in [5.41, 5.74) is 3.50. The van der Waals surface area contributed by atoms with Gasteiger partial charge in [-0.05, 0) is 41.3 Å². The second-order valence-corrected chi connectivity index (χ2v) is 7.43. The summed E-state index contributed by atoms with van der Waals surface area (Å²) in [6.07, 6.45) is 1.98. The largest absolute Gasteiger partial charge is 0.486 e. The van der Waals surface area contributed by atoms with Gasteiger partial charge in [-0.3, -0.25) is 9.80 Å². The molecule has 0 aromatic heterocycles. The Balaban J connectivity index is 1.74. The van der Waals surface area contributed by atoms with Crippen LogP contribution < -0.4 is 0 Å². The van der Waals surface area contributed by atoms with Crippen molar-refractivity contribution >= 4 is 21.8 Å². The zero-order valence-electron chi connectivity index (χ0n) is 14.9. The molecule has 3 aliphatic rings. The van der Waals surface area contributed by atoms with Gasteiger partial charge in [0.05, 0.1) is 12.4 Å². The van der Waals surface area contributed by atoms with E-state index >= 15 is 0 Å². The number of hydrogen-bond donors (Lipinski definition) is 0. The molecule has 3 heterocycles. The molecule has 4 rings (SSSR count). The number of nitrogens with zero attached hydrogens (tertiary/aromatic N) is 3. The Kier molecular flexibility index (Phi) is 4.63. The molecule has 5 nitrogen and oxygen atoms in total. The van der Waals surface area contributed by atoms with Crippen LogP contribution in [-0.2, 0) is 16.1 Å². The van der Waals surface area contributed by atoms with E-state index in [1.165, 1.54) is 0 Å². The number of hydrazine groups is 1. The van der Waals surface area contributed by atoms with Crippen LogP contribution in [-0.4, -0.2) is 40.6 Å². The zero-order valence-corrected chi connectivity index (χ0v) is 16.5. The number of carbonyl (C=O) groups is 1. The summed E-state index contributed by atoms with van der Waals surface area (Å²) >= 11 is 3.70. The molecule has 0 N–H and O–H groups in total. The van der Waals surface area contributed by atoms with Crippen LogP contribution in [0.15, 0.2) is 64.1 Å². The van der Waals surface area contributed by atoms with Crippen molar-refractivity contribution < 1.29 is 9.53 Å². The molecular formula is C20H22BrN3O2. The summed E-state index contributed by atoms with van der Waals surface area (Å²) in [6.45, 7) is 8.83. The summed E-state index contributed by atoms with van der Waals surface area (Å²) in [5.74, 6) is 0.576. The molecule has 0 bridgehead atoms. The highest BCUT2D eigenvalue weighted by Gasteiger charge is 2.44. The first-order chi connectivity index (χ1) is 12.6. The summed E-state index contributed by atoms with van der Waals surface area (Å²) in [4.78, 5) is 15.0. The van der Waals surface area contributed by atoms with E-state index < -0.39 is 0 Å². The number of amides is 1. The highest BCUT2D eigenvalue weighted by atomic mass is 79.9. The number of allylic oxidation sites excluding steroid dienone is 2. The predicted octanol–water partition coefficient (Wildman–Crippen LogP) is 3.72. The molecule has 0 unspecified atom stereocenters. The van der Waals surface area contributed by atoms with E-state index in [1.54, 1.807) is 0 Å². The van der Waals surface area contributed by atoms with Crippen LogP contribution in [0.2, 0.25) is 0 Å². The molecule has 1 aromatic rings. The third kappa shape index (κ3) is 2.77. The first-order valence-corrected chi connectivity index (χ1v) is 9.74. The molecule has 2 saturated heterocycles. The molecule has 1 amide bonds. The molecule has 6 heteroatoms. The Morgan fingerprint density at radius 3 is 2.77 bits per heavy atom. The normalized spacial score (nSPS) is 20.7. The fraction of sp³-hybridized carbons (Fsp3) is 0.350. The second kappa shape index (κ2) is 6.93. The minimum atomic E-state index is 0.00682. The van der Waals surface area contributed by atoms with Gasteiger partial charge >= 0.3 is 0 Å². The Bertz CT molecular complexity index is 816. The van der Waals surface area contributed by atoms with Crippen molar-refractivity contribution in [3.8, 4) is 0 Å². The van der Waals surface area contributed by atoms with E-state index in [1.807, 2.05) is 42.2 Å². The van der Waals surface area contributed by atoms with Crippen molar-refractivity contribution in [3.63, 3.8) is 0 Å². The highest BCUT2D eigenvalue weighted by Crippen LogP contribution is 2.44. The summed E-state index contributed by atoms with van der Waals surface area (Å²) in [5, 5.41) is 4.27. The van der Waals surface area contributed by atoms with Gasteiger partial charge in [-0.1, -0.05) is 36.9 Å². The third-order valence-electron chi connectivity index (χ3n) is 5.02. The maximum absolute atomic E-state index is 13.1. The summed E-state index contributed by atoms with van der Waals surface area (Å²) < 4.78 is 7.09.